The van der Waals surface area contributed by atoms with Crippen LogP contribution in [0, 0.1) is 29.4 Å². The van der Waals surface area contributed by atoms with Crippen LogP contribution in [-0.4, -0.2) is 35.4 Å². The Balaban J connectivity index is 1.93. The van der Waals surface area contributed by atoms with E-state index >= 15 is 0 Å². The van der Waals surface area contributed by atoms with Gasteiger partial charge >= 0.3 is 6.03 Å². The number of nitro groups is 1. The van der Waals surface area contributed by atoms with Crippen LogP contribution >= 0.6 is 0 Å². The number of hydrogen-bond acceptors (Lipinski definition) is 6. The van der Waals surface area contributed by atoms with Crippen LogP contribution in [0.5, 0.6) is 0 Å². The smallest absolute Gasteiger partial charge is 0.335 e. The van der Waals surface area contributed by atoms with Gasteiger partial charge in [0.15, 0.2) is 5.41 Å². The molecule has 4 rings (SSSR count). The molecule has 1 fully saturated rings. The molecule has 2 aliphatic rings. The van der Waals surface area contributed by atoms with Gasteiger partial charge in [0.2, 0.25) is 5.91 Å². The predicted octanol–water partition coefficient (Wildman–Crippen LogP) is 4.81. The van der Waals surface area contributed by atoms with E-state index in [-0.39, 0.29) is 12.1 Å². The first kappa shape index (κ1) is 25.3. The molecule has 0 unspecified atom stereocenters. The number of non-ortho nitro benzene ring substituents is 1. The molecule has 1 saturated heterocycles. The summed E-state index contributed by atoms with van der Waals surface area (Å²) in [6, 6.07) is 8.80. The number of nitrogens with zero attached hydrogens (tertiary/aromatic N) is 3. The van der Waals surface area contributed by atoms with Crippen LogP contribution in [0.25, 0.3) is 0 Å². The van der Waals surface area contributed by atoms with Crippen molar-refractivity contribution >= 4 is 34.9 Å². The van der Waals surface area contributed by atoms with Crippen molar-refractivity contribution < 1.29 is 19.3 Å². The fourth-order valence-electron chi connectivity index (χ4n) is 5.66. The average molecular weight is 493 g/mol. The van der Waals surface area contributed by atoms with Gasteiger partial charge in [-0.15, -0.1) is 0 Å². The maximum atomic E-state index is 14.4. The number of urea groups is 1. The standard InChI is InChI=1S/C27H32N4O5/c1-5-7-11-29-22-10-9-20(31(35)36)15-19(22)16-27(23(29)8-6-2)24(32)28-26(34)30(25(27)33)21-13-17(3)12-18(4)14-21/h9-10,12-15,23H,5-8,11,16H2,1-4H3,(H,28,32,34)/t23-,27-/m1/s1. The molecule has 0 bridgehead atoms. The van der Waals surface area contributed by atoms with Crippen LogP contribution in [0.2, 0.25) is 0 Å². The molecule has 9 nitrogen and oxygen atoms in total. The van der Waals surface area contributed by atoms with E-state index in [1.807, 2.05) is 26.8 Å². The quantitative estimate of drug-likeness (QED) is 0.337. The second-order valence-electron chi connectivity index (χ2n) is 9.82. The maximum absolute atomic E-state index is 14.4. The van der Waals surface area contributed by atoms with Crippen LogP contribution in [0.15, 0.2) is 36.4 Å². The van der Waals surface area contributed by atoms with Gasteiger partial charge in [-0.25, -0.2) is 9.69 Å². The van der Waals surface area contributed by atoms with Gasteiger partial charge in [0.1, 0.15) is 0 Å². The summed E-state index contributed by atoms with van der Waals surface area (Å²) in [5, 5.41) is 14.0. The number of anilines is 2. The van der Waals surface area contributed by atoms with Gasteiger partial charge in [0.05, 0.1) is 16.7 Å². The molecule has 2 heterocycles. The number of imide groups is 2. The summed E-state index contributed by atoms with van der Waals surface area (Å²) in [6.45, 7) is 8.41. The highest BCUT2D eigenvalue weighted by molar-refractivity contribution is 6.30. The van der Waals surface area contributed by atoms with Crippen LogP contribution < -0.4 is 15.1 Å². The molecule has 9 heteroatoms. The molecule has 1 N–H and O–H groups in total. The summed E-state index contributed by atoms with van der Waals surface area (Å²) in [4.78, 5) is 55.3. The molecule has 2 aromatic carbocycles. The van der Waals surface area contributed by atoms with Crippen molar-refractivity contribution in [2.45, 2.75) is 65.8 Å². The van der Waals surface area contributed by atoms with Crippen molar-refractivity contribution in [1.82, 2.24) is 5.32 Å². The van der Waals surface area contributed by atoms with Crippen LogP contribution in [-0.2, 0) is 16.0 Å². The van der Waals surface area contributed by atoms with Gasteiger partial charge < -0.3 is 4.90 Å². The van der Waals surface area contributed by atoms with E-state index in [2.05, 4.69) is 17.1 Å². The third-order valence-corrected chi connectivity index (χ3v) is 7.19. The highest BCUT2D eigenvalue weighted by Crippen LogP contribution is 2.47. The SMILES string of the molecule is CCCCN1c2ccc([N+](=O)[O-])cc2C[C@]2(C(=O)NC(=O)N(c3cc(C)cc(C)c3)C2=O)[C@H]1CCC. The Morgan fingerprint density at radius 2 is 1.75 bits per heavy atom. The van der Waals surface area contributed by atoms with Crippen LogP contribution in [0.1, 0.15) is 56.2 Å². The molecule has 2 atom stereocenters. The summed E-state index contributed by atoms with van der Waals surface area (Å²) < 4.78 is 0. The number of rotatable bonds is 7. The number of nitro benzene ring substituents is 1. The van der Waals surface area contributed by atoms with E-state index in [0.717, 1.165) is 41.0 Å². The third kappa shape index (κ3) is 4.12. The molecule has 190 valence electrons. The molecule has 2 aromatic rings. The lowest BCUT2D eigenvalue weighted by Crippen LogP contribution is -2.72. The normalized spacial score (nSPS) is 21.6. The van der Waals surface area contributed by atoms with Gasteiger partial charge in [0.25, 0.3) is 11.6 Å². The molecule has 0 aromatic heterocycles. The Bertz CT molecular complexity index is 1220. The van der Waals surface area contributed by atoms with E-state index < -0.39 is 34.2 Å². The predicted molar refractivity (Wildman–Crippen MR) is 137 cm³/mol. The lowest BCUT2D eigenvalue weighted by molar-refractivity contribution is -0.384. The van der Waals surface area contributed by atoms with Gasteiger partial charge in [-0.2, -0.15) is 0 Å². The van der Waals surface area contributed by atoms with Crippen molar-refractivity contribution in [3.63, 3.8) is 0 Å². The van der Waals surface area contributed by atoms with Gasteiger partial charge in [-0.3, -0.25) is 25.0 Å². The first-order chi connectivity index (χ1) is 17.1. The topological polar surface area (TPSA) is 113 Å². The second kappa shape index (κ2) is 9.72. The summed E-state index contributed by atoms with van der Waals surface area (Å²) in [7, 11) is 0. The van der Waals surface area contributed by atoms with E-state index in [4.69, 9.17) is 0 Å². The number of carbonyl (C=O) groups excluding carboxylic acids is 3. The number of nitrogens with one attached hydrogen (secondary N) is 1. The van der Waals surface area contributed by atoms with E-state index in [1.54, 1.807) is 18.2 Å². The minimum absolute atomic E-state index is 0.0173. The fourth-order valence-corrected chi connectivity index (χ4v) is 5.66. The minimum atomic E-state index is -1.60. The summed E-state index contributed by atoms with van der Waals surface area (Å²) in [6.07, 6.45) is 2.97. The molecule has 2 aliphatic heterocycles. The lowest BCUT2D eigenvalue weighted by atomic mass is 9.67. The minimum Gasteiger partial charge on any atom is -0.367 e. The zero-order valence-corrected chi connectivity index (χ0v) is 21.2. The zero-order valence-electron chi connectivity index (χ0n) is 21.2. The van der Waals surface area contributed by atoms with Gasteiger partial charge in [-0.1, -0.05) is 32.8 Å². The van der Waals surface area contributed by atoms with Crippen molar-refractivity contribution in [3.05, 3.63) is 63.2 Å². The highest BCUT2D eigenvalue weighted by atomic mass is 16.6. The van der Waals surface area contributed by atoms with Crippen molar-refractivity contribution in [2.75, 3.05) is 16.3 Å². The number of unbranched alkanes of at least 4 members (excludes halogenated alkanes) is 1. The van der Waals surface area contributed by atoms with E-state index in [0.29, 0.717) is 24.2 Å². The molecule has 36 heavy (non-hydrogen) atoms. The molecular formula is C27H32N4O5. The Hall–Kier alpha value is -3.75. The van der Waals surface area contributed by atoms with Crippen molar-refractivity contribution in [2.24, 2.45) is 5.41 Å². The van der Waals surface area contributed by atoms with Crippen molar-refractivity contribution in [1.29, 1.82) is 0 Å². The molecular weight excluding hydrogens is 460 g/mol. The number of carbonyl (C=O) groups is 3. The number of barbiturate groups is 1. The first-order valence-electron chi connectivity index (χ1n) is 12.5. The molecule has 0 aliphatic carbocycles. The average Bonchev–Trinajstić information content (AvgIpc) is 2.81. The molecule has 0 saturated carbocycles. The lowest BCUT2D eigenvalue weighted by Gasteiger charge is -2.52. The van der Waals surface area contributed by atoms with E-state index in [1.165, 1.54) is 12.1 Å². The van der Waals surface area contributed by atoms with E-state index in [9.17, 15) is 24.5 Å². The fraction of sp³-hybridized carbons (Fsp3) is 0.444. The molecule has 4 amide bonds. The Morgan fingerprint density at radius 3 is 2.36 bits per heavy atom. The number of benzene rings is 2. The molecule has 1 spiro atoms. The zero-order chi connectivity index (χ0) is 26.2. The number of fused-ring (bicyclic) bond motifs is 1. The Kier molecular flexibility index (Phi) is 6.84. The maximum Gasteiger partial charge on any atom is 0.335 e. The number of hydrogen-bond donors (Lipinski definition) is 1. The third-order valence-electron chi connectivity index (χ3n) is 7.19. The first-order valence-corrected chi connectivity index (χ1v) is 12.5. The van der Waals surface area contributed by atoms with Crippen LogP contribution in [0.4, 0.5) is 21.9 Å². The van der Waals surface area contributed by atoms with Crippen molar-refractivity contribution in [3.8, 4) is 0 Å². The largest absolute Gasteiger partial charge is 0.367 e. The highest BCUT2D eigenvalue weighted by Gasteiger charge is 2.62. The van der Waals surface area contributed by atoms with Crippen LogP contribution in [0.3, 0.4) is 0 Å². The monoisotopic (exact) mass is 492 g/mol. The van der Waals surface area contributed by atoms with Gasteiger partial charge in [-0.05, 0) is 61.6 Å². The number of aryl methyl sites for hydroxylation is 2. The molecule has 0 radical (unpaired) electrons. The van der Waals surface area contributed by atoms with Gasteiger partial charge in [0, 0.05) is 30.8 Å². The second-order valence-corrected chi connectivity index (χ2v) is 9.82. The summed E-state index contributed by atoms with van der Waals surface area (Å²) in [5.41, 5.74) is 1.84. The Morgan fingerprint density at radius 1 is 1.06 bits per heavy atom. The summed E-state index contributed by atoms with van der Waals surface area (Å²) in [5.74, 6) is -1.23. The Labute approximate surface area is 210 Å². The summed E-state index contributed by atoms with van der Waals surface area (Å²) >= 11 is 0. The number of amides is 4.